The predicted molar refractivity (Wildman–Crippen MR) is 116 cm³/mol. The van der Waals surface area contributed by atoms with Gasteiger partial charge in [0, 0.05) is 24.7 Å². The van der Waals surface area contributed by atoms with Crippen LogP contribution in [0.25, 0.3) is 22.4 Å². The molecule has 0 saturated carbocycles. The Kier molecular flexibility index (Phi) is 4.59. The van der Waals surface area contributed by atoms with E-state index in [4.69, 9.17) is 14.5 Å². The van der Waals surface area contributed by atoms with Gasteiger partial charge in [0.15, 0.2) is 11.5 Å². The number of nitrogens with zero attached hydrogens (tertiary/aromatic N) is 2. The van der Waals surface area contributed by atoms with Crippen LogP contribution >= 0.6 is 0 Å². The number of nitrogens with one attached hydrogen (secondary N) is 1. The molecule has 0 unspecified atom stereocenters. The molecule has 5 rings (SSSR count). The van der Waals surface area contributed by atoms with Gasteiger partial charge in [-0.1, -0.05) is 18.2 Å². The van der Waals surface area contributed by atoms with E-state index in [0.29, 0.717) is 12.8 Å². The van der Waals surface area contributed by atoms with E-state index >= 15 is 0 Å². The van der Waals surface area contributed by atoms with Gasteiger partial charge in [0.1, 0.15) is 5.82 Å². The fraction of sp³-hybridized carbons (Fsp3) is 0.167. The van der Waals surface area contributed by atoms with Crippen LogP contribution in [0.4, 0.5) is 5.69 Å². The van der Waals surface area contributed by atoms with E-state index in [2.05, 4.69) is 16.0 Å². The second-order valence-corrected chi connectivity index (χ2v) is 7.30. The van der Waals surface area contributed by atoms with Crippen molar-refractivity contribution in [3.8, 4) is 22.9 Å². The number of amides is 1. The van der Waals surface area contributed by atoms with Crippen molar-refractivity contribution >= 4 is 22.6 Å². The first-order valence-corrected chi connectivity index (χ1v) is 9.88. The smallest absolute Gasteiger partial charge is 0.231 e. The minimum Gasteiger partial charge on any atom is -0.454 e. The van der Waals surface area contributed by atoms with Crippen LogP contribution < -0.4 is 14.8 Å². The third-order valence-corrected chi connectivity index (χ3v) is 5.29. The lowest BCUT2D eigenvalue weighted by atomic mass is 10.1. The third kappa shape index (κ3) is 3.48. The maximum atomic E-state index is 12.4. The van der Waals surface area contributed by atoms with Gasteiger partial charge in [-0.15, -0.1) is 0 Å². The molecule has 0 atom stereocenters. The predicted octanol–water partition coefficient (Wildman–Crippen LogP) is 4.54. The molecule has 0 spiro atoms. The second kappa shape index (κ2) is 7.55. The van der Waals surface area contributed by atoms with Gasteiger partial charge in [0.25, 0.3) is 0 Å². The van der Waals surface area contributed by atoms with E-state index in [-0.39, 0.29) is 12.7 Å². The summed E-state index contributed by atoms with van der Waals surface area (Å²) in [7, 11) is 2.01. The maximum Gasteiger partial charge on any atom is 0.231 e. The van der Waals surface area contributed by atoms with Gasteiger partial charge in [0.2, 0.25) is 12.7 Å². The van der Waals surface area contributed by atoms with Crippen molar-refractivity contribution in [1.82, 2.24) is 9.55 Å². The highest BCUT2D eigenvalue weighted by molar-refractivity contribution is 5.91. The van der Waals surface area contributed by atoms with Gasteiger partial charge in [-0.05, 0) is 60.5 Å². The number of imidazole rings is 1. The molecular formula is C24H21N3O3. The van der Waals surface area contributed by atoms with Gasteiger partial charge in [-0.25, -0.2) is 4.98 Å². The first-order chi connectivity index (χ1) is 14.7. The molecule has 0 aliphatic carbocycles. The average molecular weight is 399 g/mol. The topological polar surface area (TPSA) is 65.4 Å². The molecule has 0 fully saturated rings. The van der Waals surface area contributed by atoms with E-state index in [1.165, 1.54) is 0 Å². The van der Waals surface area contributed by atoms with Crippen LogP contribution in [0.2, 0.25) is 0 Å². The molecule has 6 heteroatoms. The number of fused-ring (bicyclic) bond motifs is 2. The van der Waals surface area contributed by atoms with Gasteiger partial charge in [0.05, 0.1) is 11.0 Å². The number of hydrogen-bond donors (Lipinski definition) is 1. The first kappa shape index (κ1) is 18.2. The van der Waals surface area contributed by atoms with Gasteiger partial charge < -0.3 is 19.4 Å². The summed E-state index contributed by atoms with van der Waals surface area (Å²) in [4.78, 5) is 17.1. The standard InChI is InChI=1S/C24H21N3O3/c1-27-20-5-3-2-4-19(20)26-24(27)17-8-10-18(11-9-17)25-23(28)13-7-16-6-12-21-22(14-16)30-15-29-21/h2-6,8-12,14H,7,13,15H2,1H3,(H,25,28). The minimum atomic E-state index is -0.0249. The number of aromatic nitrogens is 2. The van der Waals surface area contributed by atoms with Crippen molar-refractivity contribution in [2.24, 2.45) is 7.05 Å². The van der Waals surface area contributed by atoms with Crippen LogP contribution in [0.1, 0.15) is 12.0 Å². The van der Waals surface area contributed by atoms with Gasteiger partial charge >= 0.3 is 0 Å². The molecular weight excluding hydrogens is 378 g/mol. The fourth-order valence-electron chi connectivity index (χ4n) is 3.68. The molecule has 4 aromatic rings. The zero-order valence-electron chi connectivity index (χ0n) is 16.6. The summed E-state index contributed by atoms with van der Waals surface area (Å²) in [5.41, 5.74) is 4.89. The molecule has 1 aromatic heterocycles. The Hall–Kier alpha value is -3.80. The van der Waals surface area contributed by atoms with Gasteiger partial charge in [-0.2, -0.15) is 0 Å². The maximum absolute atomic E-state index is 12.4. The summed E-state index contributed by atoms with van der Waals surface area (Å²) in [6.07, 6.45) is 1.03. The number of ether oxygens (including phenoxy) is 2. The van der Waals surface area contributed by atoms with Crippen LogP contribution in [-0.2, 0) is 18.3 Å². The largest absolute Gasteiger partial charge is 0.454 e. The Morgan fingerprint density at radius 2 is 1.83 bits per heavy atom. The fourth-order valence-corrected chi connectivity index (χ4v) is 3.68. The molecule has 1 amide bonds. The Balaban J connectivity index is 1.23. The van der Waals surface area contributed by atoms with E-state index in [9.17, 15) is 4.79 Å². The number of carbonyl (C=O) groups excluding carboxylic acids is 1. The number of benzene rings is 3. The molecule has 1 aliphatic rings. The number of carbonyl (C=O) groups is 1. The van der Waals surface area contributed by atoms with Crippen molar-refractivity contribution < 1.29 is 14.3 Å². The van der Waals surface area contributed by atoms with Crippen molar-refractivity contribution in [3.05, 3.63) is 72.3 Å². The van der Waals surface area contributed by atoms with Crippen molar-refractivity contribution in [3.63, 3.8) is 0 Å². The number of hydrogen-bond acceptors (Lipinski definition) is 4. The number of para-hydroxylation sites is 2. The average Bonchev–Trinajstić information content (AvgIpc) is 3.37. The van der Waals surface area contributed by atoms with Crippen molar-refractivity contribution in [1.29, 1.82) is 0 Å². The monoisotopic (exact) mass is 399 g/mol. The van der Waals surface area contributed by atoms with Crippen LogP contribution in [0.3, 0.4) is 0 Å². The highest BCUT2D eigenvalue weighted by Crippen LogP contribution is 2.32. The number of rotatable bonds is 5. The van der Waals surface area contributed by atoms with Crippen LogP contribution in [0, 0.1) is 0 Å². The van der Waals surface area contributed by atoms with Crippen molar-refractivity contribution in [2.45, 2.75) is 12.8 Å². The molecule has 1 N–H and O–H groups in total. The third-order valence-electron chi connectivity index (χ3n) is 5.29. The summed E-state index contributed by atoms with van der Waals surface area (Å²) in [5.74, 6) is 2.37. The van der Waals surface area contributed by atoms with Gasteiger partial charge in [-0.3, -0.25) is 4.79 Å². The zero-order chi connectivity index (χ0) is 20.5. The molecule has 1 aliphatic heterocycles. The summed E-state index contributed by atoms with van der Waals surface area (Å²) in [6, 6.07) is 21.6. The van der Waals surface area contributed by atoms with E-state index in [1.807, 2.05) is 67.7 Å². The first-order valence-electron chi connectivity index (χ1n) is 9.88. The number of aryl methyl sites for hydroxylation is 2. The SMILES string of the molecule is Cn1c(-c2ccc(NC(=O)CCc3ccc4c(c3)OCO4)cc2)nc2ccccc21. The molecule has 0 bridgehead atoms. The lowest BCUT2D eigenvalue weighted by Gasteiger charge is -2.08. The summed E-state index contributed by atoms with van der Waals surface area (Å²) < 4.78 is 12.8. The Labute approximate surface area is 174 Å². The molecule has 150 valence electrons. The molecule has 2 heterocycles. The minimum absolute atomic E-state index is 0.0249. The second-order valence-electron chi connectivity index (χ2n) is 7.30. The number of anilines is 1. The summed E-state index contributed by atoms with van der Waals surface area (Å²) in [6.45, 7) is 0.254. The zero-order valence-corrected chi connectivity index (χ0v) is 16.6. The molecule has 0 radical (unpaired) electrons. The normalized spacial score (nSPS) is 12.3. The van der Waals surface area contributed by atoms with E-state index in [1.54, 1.807) is 0 Å². The lowest BCUT2D eigenvalue weighted by molar-refractivity contribution is -0.116. The highest BCUT2D eigenvalue weighted by Gasteiger charge is 2.14. The quantitative estimate of drug-likeness (QED) is 0.535. The lowest BCUT2D eigenvalue weighted by Crippen LogP contribution is -2.12. The summed E-state index contributed by atoms with van der Waals surface area (Å²) in [5, 5.41) is 2.96. The molecule has 0 saturated heterocycles. The van der Waals surface area contributed by atoms with Crippen molar-refractivity contribution in [2.75, 3.05) is 12.1 Å². The molecule has 3 aromatic carbocycles. The molecule has 30 heavy (non-hydrogen) atoms. The Morgan fingerprint density at radius 1 is 1.03 bits per heavy atom. The van der Waals surface area contributed by atoms with E-state index < -0.39 is 0 Å². The van der Waals surface area contributed by atoms with E-state index in [0.717, 1.165) is 45.2 Å². The van der Waals surface area contributed by atoms with Crippen LogP contribution in [0.5, 0.6) is 11.5 Å². The highest BCUT2D eigenvalue weighted by atomic mass is 16.7. The van der Waals surface area contributed by atoms with Crippen LogP contribution in [0.15, 0.2) is 66.7 Å². The van der Waals surface area contributed by atoms with Crippen LogP contribution in [-0.4, -0.2) is 22.3 Å². The Morgan fingerprint density at radius 3 is 2.67 bits per heavy atom. The molecule has 6 nitrogen and oxygen atoms in total. The Bertz CT molecular complexity index is 1230. The summed E-state index contributed by atoms with van der Waals surface area (Å²) >= 11 is 0.